The minimum Gasteiger partial charge on any atom is -0.298 e. The fourth-order valence-electron chi connectivity index (χ4n) is 2.22. The summed E-state index contributed by atoms with van der Waals surface area (Å²) < 4.78 is 26.6. The van der Waals surface area contributed by atoms with E-state index in [4.69, 9.17) is 5.26 Å². The van der Waals surface area contributed by atoms with Crippen molar-refractivity contribution in [3.63, 3.8) is 0 Å². The molecule has 1 atom stereocenters. The van der Waals surface area contributed by atoms with Crippen molar-refractivity contribution in [1.29, 1.82) is 5.26 Å². The summed E-state index contributed by atoms with van der Waals surface area (Å²) in [6, 6.07) is 4.16. The Morgan fingerprint density at radius 2 is 2.25 bits per heavy atom. The maximum Gasteiger partial charge on any atom is 0.129 e. The summed E-state index contributed by atoms with van der Waals surface area (Å²) in [6.07, 6.45) is 2.32. The molecule has 0 amide bonds. The van der Waals surface area contributed by atoms with Crippen molar-refractivity contribution in [2.75, 3.05) is 6.54 Å². The molecule has 1 N–H and O–H groups in total. The van der Waals surface area contributed by atoms with Gasteiger partial charge in [0.2, 0.25) is 0 Å². The molecule has 0 spiro atoms. The molecule has 1 aliphatic rings. The van der Waals surface area contributed by atoms with Gasteiger partial charge in [-0.3, -0.25) is 5.32 Å². The van der Waals surface area contributed by atoms with Crippen LogP contribution in [0.25, 0.3) is 0 Å². The summed E-state index contributed by atoms with van der Waals surface area (Å²) in [5.74, 6) is -1.03. The second kappa shape index (κ2) is 4.58. The van der Waals surface area contributed by atoms with Gasteiger partial charge < -0.3 is 0 Å². The predicted molar refractivity (Wildman–Crippen MR) is 55.7 cm³/mol. The quantitative estimate of drug-likeness (QED) is 0.780. The Hall–Kier alpha value is -1.47. The lowest BCUT2D eigenvalue weighted by molar-refractivity contribution is 0.460. The van der Waals surface area contributed by atoms with Gasteiger partial charge in [0.25, 0.3) is 0 Å². The van der Waals surface area contributed by atoms with Gasteiger partial charge in [-0.1, -0.05) is 0 Å². The zero-order valence-corrected chi connectivity index (χ0v) is 8.76. The van der Waals surface area contributed by atoms with Crippen molar-refractivity contribution < 1.29 is 8.78 Å². The van der Waals surface area contributed by atoms with Crippen LogP contribution in [-0.2, 0) is 6.42 Å². The van der Waals surface area contributed by atoms with Crippen LogP contribution in [-0.4, -0.2) is 6.54 Å². The highest BCUT2D eigenvalue weighted by Gasteiger charge is 2.23. The van der Waals surface area contributed by atoms with Crippen LogP contribution < -0.4 is 5.32 Å². The average molecular weight is 222 g/mol. The molecule has 0 aromatic heterocycles. The van der Waals surface area contributed by atoms with E-state index in [-0.39, 0.29) is 12.6 Å². The van der Waals surface area contributed by atoms with Gasteiger partial charge >= 0.3 is 0 Å². The van der Waals surface area contributed by atoms with Gasteiger partial charge in [0.05, 0.1) is 12.6 Å². The predicted octanol–water partition coefficient (Wildman–Crippen LogP) is 2.46. The van der Waals surface area contributed by atoms with Gasteiger partial charge in [-0.25, -0.2) is 8.78 Å². The Bertz CT molecular complexity index is 437. The highest BCUT2D eigenvalue weighted by molar-refractivity contribution is 5.34. The Morgan fingerprint density at radius 1 is 1.44 bits per heavy atom. The number of nitriles is 1. The van der Waals surface area contributed by atoms with Crippen molar-refractivity contribution in [3.8, 4) is 6.07 Å². The Morgan fingerprint density at radius 3 is 3.00 bits per heavy atom. The maximum atomic E-state index is 13.5. The lowest BCUT2D eigenvalue weighted by Crippen LogP contribution is -2.26. The van der Waals surface area contributed by atoms with E-state index in [1.807, 2.05) is 6.07 Å². The summed E-state index contributed by atoms with van der Waals surface area (Å²) >= 11 is 0. The van der Waals surface area contributed by atoms with Crippen LogP contribution in [0.3, 0.4) is 0 Å². The first kappa shape index (κ1) is 11.0. The van der Waals surface area contributed by atoms with Gasteiger partial charge in [0.1, 0.15) is 11.6 Å². The van der Waals surface area contributed by atoms with Crippen LogP contribution >= 0.6 is 0 Å². The van der Waals surface area contributed by atoms with E-state index in [0.29, 0.717) is 17.5 Å². The van der Waals surface area contributed by atoms with Crippen LogP contribution in [0.5, 0.6) is 0 Å². The van der Waals surface area contributed by atoms with E-state index in [9.17, 15) is 8.78 Å². The maximum absolute atomic E-state index is 13.5. The molecule has 2 rings (SSSR count). The monoisotopic (exact) mass is 222 g/mol. The second-order valence-electron chi connectivity index (χ2n) is 3.94. The van der Waals surface area contributed by atoms with Crippen LogP contribution in [0.15, 0.2) is 12.1 Å². The van der Waals surface area contributed by atoms with Crippen molar-refractivity contribution in [2.24, 2.45) is 0 Å². The molecule has 0 saturated heterocycles. The Balaban J connectivity index is 2.34. The van der Waals surface area contributed by atoms with Crippen molar-refractivity contribution in [2.45, 2.75) is 25.3 Å². The van der Waals surface area contributed by atoms with E-state index in [0.717, 1.165) is 18.9 Å². The largest absolute Gasteiger partial charge is 0.298 e. The van der Waals surface area contributed by atoms with E-state index in [2.05, 4.69) is 5.32 Å². The van der Waals surface area contributed by atoms with E-state index >= 15 is 0 Å². The number of nitrogens with one attached hydrogen (secondary N) is 1. The molecule has 1 aromatic carbocycles. The number of hydrogen-bond donors (Lipinski definition) is 1. The number of hydrogen-bond acceptors (Lipinski definition) is 2. The normalized spacial score (nSPS) is 18.9. The van der Waals surface area contributed by atoms with Crippen LogP contribution in [0, 0.1) is 23.0 Å². The lowest BCUT2D eigenvalue weighted by Gasteiger charge is -2.26. The van der Waals surface area contributed by atoms with E-state index in [1.54, 1.807) is 0 Å². The molecule has 84 valence electrons. The summed E-state index contributed by atoms with van der Waals surface area (Å²) in [4.78, 5) is 0. The number of nitrogens with zero attached hydrogens (tertiary/aromatic N) is 1. The summed E-state index contributed by atoms with van der Waals surface area (Å²) in [5, 5.41) is 11.5. The first-order chi connectivity index (χ1) is 7.72. The molecular weight excluding hydrogens is 210 g/mol. The molecule has 0 fully saturated rings. The first-order valence-electron chi connectivity index (χ1n) is 5.30. The van der Waals surface area contributed by atoms with Crippen LogP contribution in [0.1, 0.15) is 30.0 Å². The molecule has 1 aromatic rings. The van der Waals surface area contributed by atoms with Gasteiger partial charge in [-0.2, -0.15) is 5.26 Å². The second-order valence-corrected chi connectivity index (χ2v) is 3.94. The molecule has 0 bridgehead atoms. The minimum absolute atomic E-state index is 0.103. The Kier molecular flexibility index (Phi) is 3.16. The Labute approximate surface area is 92.9 Å². The molecule has 2 nitrogen and oxygen atoms in total. The highest BCUT2D eigenvalue weighted by atomic mass is 19.1. The molecule has 0 aliphatic heterocycles. The summed E-state index contributed by atoms with van der Waals surface area (Å²) in [6.45, 7) is 0.197. The van der Waals surface area contributed by atoms with Gasteiger partial charge in [-0.05, 0) is 36.5 Å². The van der Waals surface area contributed by atoms with Crippen molar-refractivity contribution in [1.82, 2.24) is 5.32 Å². The third-order valence-corrected chi connectivity index (χ3v) is 2.92. The van der Waals surface area contributed by atoms with Crippen molar-refractivity contribution >= 4 is 0 Å². The molecule has 16 heavy (non-hydrogen) atoms. The van der Waals surface area contributed by atoms with E-state index < -0.39 is 11.6 Å². The third-order valence-electron chi connectivity index (χ3n) is 2.92. The zero-order chi connectivity index (χ0) is 11.5. The third kappa shape index (κ3) is 2.05. The molecule has 0 heterocycles. The highest BCUT2D eigenvalue weighted by Crippen LogP contribution is 2.31. The molecule has 1 aliphatic carbocycles. The standard InChI is InChI=1S/C12H12F2N2/c13-8-6-10-9(11(14)7-8)2-1-3-12(10)16-5-4-15/h6-7,12,16H,1-3,5H2. The average Bonchev–Trinajstić information content (AvgIpc) is 2.26. The lowest BCUT2D eigenvalue weighted by atomic mass is 9.87. The summed E-state index contributed by atoms with van der Waals surface area (Å²) in [7, 11) is 0. The molecule has 0 saturated carbocycles. The molecule has 0 radical (unpaired) electrons. The fraction of sp³-hybridized carbons (Fsp3) is 0.417. The van der Waals surface area contributed by atoms with E-state index in [1.165, 1.54) is 6.07 Å². The molecule has 4 heteroatoms. The smallest absolute Gasteiger partial charge is 0.129 e. The number of fused-ring (bicyclic) bond motifs is 1. The zero-order valence-electron chi connectivity index (χ0n) is 8.76. The number of benzene rings is 1. The topological polar surface area (TPSA) is 35.8 Å². The van der Waals surface area contributed by atoms with Crippen molar-refractivity contribution in [3.05, 3.63) is 34.9 Å². The SMILES string of the molecule is N#CCNC1CCCc2c(F)cc(F)cc21. The molecule has 1 unspecified atom stereocenters. The van der Waals surface area contributed by atoms with Crippen LogP contribution in [0.4, 0.5) is 8.78 Å². The van der Waals surface area contributed by atoms with Gasteiger partial charge in [0.15, 0.2) is 0 Å². The first-order valence-corrected chi connectivity index (χ1v) is 5.30. The van der Waals surface area contributed by atoms with Gasteiger partial charge in [-0.15, -0.1) is 0 Å². The molecular formula is C12H12F2N2. The van der Waals surface area contributed by atoms with Gasteiger partial charge in [0, 0.05) is 12.1 Å². The van der Waals surface area contributed by atoms with Crippen LogP contribution in [0.2, 0.25) is 0 Å². The fourth-order valence-corrected chi connectivity index (χ4v) is 2.22. The summed E-state index contributed by atoms with van der Waals surface area (Å²) in [5.41, 5.74) is 1.25. The number of halogens is 2. The number of rotatable bonds is 2. The minimum atomic E-state index is -0.554.